The predicted molar refractivity (Wildman–Crippen MR) is 109 cm³/mol. The molecule has 7 heteroatoms. The summed E-state index contributed by atoms with van der Waals surface area (Å²) in [5.41, 5.74) is 2.13. The fourth-order valence-electron chi connectivity index (χ4n) is 3.46. The molecular formula is C20H24Cl2N4O. The molecule has 2 amide bonds. The highest BCUT2D eigenvalue weighted by Crippen LogP contribution is 2.23. The zero-order valence-electron chi connectivity index (χ0n) is 15.4. The normalized spacial score (nSPS) is 17.1. The summed E-state index contributed by atoms with van der Waals surface area (Å²) in [6, 6.07) is 9.62. The van der Waals surface area contributed by atoms with Crippen LogP contribution in [0.1, 0.15) is 24.5 Å². The van der Waals surface area contributed by atoms with Crippen LogP contribution in [-0.2, 0) is 13.1 Å². The van der Waals surface area contributed by atoms with Gasteiger partial charge in [-0.05, 0) is 42.7 Å². The van der Waals surface area contributed by atoms with Gasteiger partial charge in [0.15, 0.2) is 0 Å². The van der Waals surface area contributed by atoms with Crippen molar-refractivity contribution in [3.05, 3.63) is 63.9 Å². The average Bonchev–Trinajstić information content (AvgIpc) is 3.12. The Bertz CT molecular complexity index is 772. The second-order valence-corrected chi connectivity index (χ2v) is 7.55. The maximum Gasteiger partial charge on any atom is 0.317 e. The fourth-order valence-corrected chi connectivity index (χ4v) is 3.78. The Morgan fingerprint density at radius 1 is 1.30 bits per heavy atom. The lowest BCUT2D eigenvalue weighted by Crippen LogP contribution is -2.46. The molecule has 1 atom stereocenters. The standard InChI is InChI=1S/C20H24Cl2N4O/c1-2-26(20(27)24-12-15-5-6-18(21)19(22)10-15)17-7-9-25(14-17)13-16-4-3-8-23-11-16/h3-6,8,10-11,17H,2,7,9,12-14H2,1H3,(H,24,27). The van der Waals surface area contributed by atoms with Gasteiger partial charge in [-0.1, -0.05) is 35.3 Å². The molecule has 0 bridgehead atoms. The monoisotopic (exact) mass is 406 g/mol. The highest BCUT2D eigenvalue weighted by molar-refractivity contribution is 6.42. The maximum absolute atomic E-state index is 12.7. The van der Waals surface area contributed by atoms with Crippen molar-refractivity contribution in [3.63, 3.8) is 0 Å². The van der Waals surface area contributed by atoms with E-state index in [0.717, 1.165) is 31.6 Å². The number of benzene rings is 1. The number of likely N-dealkylation sites (N-methyl/N-ethyl adjacent to an activating group) is 1. The van der Waals surface area contributed by atoms with E-state index in [1.165, 1.54) is 5.56 Å². The zero-order valence-corrected chi connectivity index (χ0v) is 16.9. The number of hydrogen-bond donors (Lipinski definition) is 1. The Balaban J connectivity index is 1.53. The van der Waals surface area contributed by atoms with E-state index in [4.69, 9.17) is 23.2 Å². The number of nitrogens with one attached hydrogen (secondary N) is 1. The van der Waals surface area contributed by atoms with Gasteiger partial charge in [0.1, 0.15) is 0 Å². The summed E-state index contributed by atoms with van der Waals surface area (Å²) in [6.45, 7) is 5.85. The van der Waals surface area contributed by atoms with Crippen molar-refractivity contribution in [1.82, 2.24) is 20.1 Å². The fraction of sp³-hybridized carbons (Fsp3) is 0.400. The number of likely N-dealkylation sites (tertiary alicyclic amines) is 1. The lowest BCUT2D eigenvalue weighted by atomic mass is 10.2. The molecule has 3 rings (SSSR count). The van der Waals surface area contributed by atoms with Crippen LogP contribution in [0.2, 0.25) is 10.0 Å². The molecule has 2 aromatic rings. The minimum atomic E-state index is -0.0446. The Hall–Kier alpha value is -1.82. The highest BCUT2D eigenvalue weighted by atomic mass is 35.5. The molecule has 0 saturated carbocycles. The van der Waals surface area contributed by atoms with Crippen molar-refractivity contribution in [1.29, 1.82) is 0 Å². The highest BCUT2D eigenvalue weighted by Gasteiger charge is 2.29. The minimum absolute atomic E-state index is 0.0446. The molecule has 1 N–H and O–H groups in total. The van der Waals surface area contributed by atoms with Gasteiger partial charge in [-0.25, -0.2) is 4.79 Å². The number of pyridine rings is 1. The SMILES string of the molecule is CCN(C(=O)NCc1ccc(Cl)c(Cl)c1)C1CCN(Cc2cccnc2)C1. The molecule has 0 spiro atoms. The van der Waals surface area contributed by atoms with Gasteiger partial charge in [0.2, 0.25) is 0 Å². The molecule has 5 nitrogen and oxygen atoms in total. The van der Waals surface area contributed by atoms with Crippen LogP contribution in [0.5, 0.6) is 0 Å². The Kier molecular flexibility index (Phi) is 6.94. The van der Waals surface area contributed by atoms with Crippen molar-refractivity contribution in [2.75, 3.05) is 19.6 Å². The van der Waals surface area contributed by atoms with E-state index in [0.29, 0.717) is 23.1 Å². The summed E-state index contributed by atoms with van der Waals surface area (Å²) >= 11 is 12.0. The Labute approximate surface area is 170 Å². The topological polar surface area (TPSA) is 48.5 Å². The van der Waals surface area contributed by atoms with E-state index in [2.05, 4.69) is 21.3 Å². The average molecular weight is 407 g/mol. The second-order valence-electron chi connectivity index (χ2n) is 6.73. The predicted octanol–water partition coefficient (Wildman–Crippen LogP) is 4.19. The van der Waals surface area contributed by atoms with Crippen molar-refractivity contribution < 1.29 is 4.79 Å². The molecule has 144 valence electrons. The van der Waals surface area contributed by atoms with Gasteiger partial charge in [-0.3, -0.25) is 9.88 Å². The molecule has 2 heterocycles. The molecule has 1 aliphatic rings. The summed E-state index contributed by atoms with van der Waals surface area (Å²) in [5, 5.41) is 4.01. The van der Waals surface area contributed by atoms with Gasteiger partial charge in [0.25, 0.3) is 0 Å². The molecule has 1 unspecified atom stereocenters. The molecule has 0 radical (unpaired) electrons. The first-order chi connectivity index (χ1) is 13.1. The molecule has 1 aliphatic heterocycles. The van der Waals surface area contributed by atoms with Crippen molar-refractivity contribution in [3.8, 4) is 0 Å². The number of hydrogen-bond acceptors (Lipinski definition) is 3. The third-order valence-electron chi connectivity index (χ3n) is 4.85. The van der Waals surface area contributed by atoms with Crippen LogP contribution in [0.25, 0.3) is 0 Å². The molecule has 1 saturated heterocycles. The summed E-state index contributed by atoms with van der Waals surface area (Å²) < 4.78 is 0. The largest absolute Gasteiger partial charge is 0.334 e. The smallest absolute Gasteiger partial charge is 0.317 e. The quantitative estimate of drug-likeness (QED) is 0.781. The van der Waals surface area contributed by atoms with Crippen LogP contribution >= 0.6 is 23.2 Å². The third kappa shape index (κ3) is 5.34. The summed E-state index contributed by atoms with van der Waals surface area (Å²) in [5.74, 6) is 0. The lowest BCUT2D eigenvalue weighted by Gasteiger charge is -2.28. The number of carbonyl (C=O) groups excluding carboxylic acids is 1. The van der Waals surface area contributed by atoms with Crippen molar-refractivity contribution in [2.24, 2.45) is 0 Å². The molecule has 1 fully saturated rings. The first-order valence-corrected chi connectivity index (χ1v) is 9.92. The van der Waals surface area contributed by atoms with Crippen LogP contribution < -0.4 is 5.32 Å². The van der Waals surface area contributed by atoms with E-state index in [9.17, 15) is 4.79 Å². The molecule has 27 heavy (non-hydrogen) atoms. The van der Waals surface area contributed by atoms with Gasteiger partial charge in [-0.15, -0.1) is 0 Å². The molecule has 1 aromatic carbocycles. The van der Waals surface area contributed by atoms with Gasteiger partial charge in [0, 0.05) is 51.2 Å². The van der Waals surface area contributed by atoms with Gasteiger partial charge >= 0.3 is 6.03 Å². The van der Waals surface area contributed by atoms with Crippen LogP contribution in [0, 0.1) is 0 Å². The summed E-state index contributed by atoms with van der Waals surface area (Å²) in [4.78, 5) is 21.1. The van der Waals surface area contributed by atoms with Crippen molar-refractivity contribution in [2.45, 2.75) is 32.5 Å². The summed E-state index contributed by atoms with van der Waals surface area (Å²) in [6.07, 6.45) is 4.66. The van der Waals surface area contributed by atoms with E-state index < -0.39 is 0 Å². The lowest BCUT2D eigenvalue weighted by molar-refractivity contribution is 0.176. The number of aromatic nitrogens is 1. The molecule has 0 aliphatic carbocycles. The van der Waals surface area contributed by atoms with Gasteiger partial charge in [-0.2, -0.15) is 0 Å². The second kappa shape index (κ2) is 9.40. The Morgan fingerprint density at radius 2 is 2.15 bits per heavy atom. The maximum atomic E-state index is 12.7. The number of urea groups is 1. The van der Waals surface area contributed by atoms with Crippen LogP contribution in [-0.4, -0.2) is 46.5 Å². The van der Waals surface area contributed by atoms with E-state index in [1.54, 1.807) is 18.3 Å². The van der Waals surface area contributed by atoms with E-state index in [1.807, 2.05) is 30.2 Å². The van der Waals surface area contributed by atoms with Gasteiger partial charge < -0.3 is 10.2 Å². The van der Waals surface area contributed by atoms with E-state index in [-0.39, 0.29) is 12.1 Å². The molecular weight excluding hydrogens is 383 g/mol. The zero-order chi connectivity index (χ0) is 19.2. The van der Waals surface area contributed by atoms with Crippen LogP contribution in [0.15, 0.2) is 42.7 Å². The van der Waals surface area contributed by atoms with E-state index >= 15 is 0 Å². The number of amides is 2. The first kappa shape index (κ1) is 19.9. The third-order valence-corrected chi connectivity index (χ3v) is 5.59. The van der Waals surface area contributed by atoms with Crippen molar-refractivity contribution >= 4 is 29.2 Å². The molecule has 1 aromatic heterocycles. The number of halogens is 2. The number of rotatable bonds is 6. The van der Waals surface area contributed by atoms with Crippen LogP contribution in [0.3, 0.4) is 0 Å². The summed E-state index contributed by atoms with van der Waals surface area (Å²) in [7, 11) is 0. The number of nitrogens with zero attached hydrogens (tertiary/aromatic N) is 3. The van der Waals surface area contributed by atoms with Crippen LogP contribution in [0.4, 0.5) is 4.79 Å². The first-order valence-electron chi connectivity index (χ1n) is 9.16. The Morgan fingerprint density at radius 3 is 2.85 bits per heavy atom. The van der Waals surface area contributed by atoms with Gasteiger partial charge in [0.05, 0.1) is 10.0 Å². The number of carbonyl (C=O) groups is 1. The minimum Gasteiger partial charge on any atom is -0.334 e.